The van der Waals surface area contributed by atoms with Gasteiger partial charge in [0.1, 0.15) is 6.10 Å². The van der Waals surface area contributed by atoms with Gasteiger partial charge in [0.15, 0.2) is 5.60 Å². The first-order valence-electron chi connectivity index (χ1n) is 10.8. The lowest BCUT2D eigenvalue weighted by Gasteiger charge is -2.55. The van der Waals surface area contributed by atoms with Gasteiger partial charge in [0.2, 0.25) is 0 Å². The van der Waals surface area contributed by atoms with Crippen LogP contribution in [0, 0.1) is 41.4 Å². The number of fused-ring (bicyclic) bond motifs is 5. The maximum Gasteiger partial charge on any atom is 0.304 e. The average Bonchev–Trinajstić information content (AvgIpc) is 2.93. The van der Waals surface area contributed by atoms with Crippen LogP contribution < -0.4 is 0 Å². The van der Waals surface area contributed by atoms with Gasteiger partial charge in [-0.25, -0.2) is 0 Å². The minimum Gasteiger partial charge on any atom is -0.458 e. The number of terminal acetylenes is 1. The molecule has 0 aromatic carbocycles. The maximum absolute atomic E-state index is 11.8. The Morgan fingerprint density at radius 3 is 2.54 bits per heavy atom. The summed E-state index contributed by atoms with van der Waals surface area (Å²) in [6, 6.07) is 0. The molecular weight excluding hydrogens is 352 g/mol. The van der Waals surface area contributed by atoms with Crippen molar-refractivity contribution >= 4 is 11.9 Å². The zero-order valence-electron chi connectivity index (χ0n) is 17.3. The van der Waals surface area contributed by atoms with Crippen molar-refractivity contribution in [2.45, 2.75) is 83.8 Å². The molecular formula is C24H32O4. The fraction of sp³-hybridized carbons (Fsp3) is 0.750. The van der Waals surface area contributed by atoms with Crippen molar-refractivity contribution < 1.29 is 19.1 Å². The van der Waals surface area contributed by atoms with E-state index in [0.29, 0.717) is 23.7 Å². The molecule has 4 heteroatoms. The van der Waals surface area contributed by atoms with Crippen molar-refractivity contribution in [3.05, 3.63) is 11.6 Å². The number of carbonyl (C=O) groups excluding carboxylic acids is 2. The summed E-state index contributed by atoms with van der Waals surface area (Å²) in [7, 11) is 0. The molecule has 7 atom stereocenters. The minimum absolute atomic E-state index is 0.0429. The monoisotopic (exact) mass is 384 g/mol. The summed E-state index contributed by atoms with van der Waals surface area (Å²) >= 11 is 0. The van der Waals surface area contributed by atoms with Crippen LogP contribution in [-0.2, 0) is 19.1 Å². The Balaban J connectivity index is 1.57. The fourth-order valence-electron chi connectivity index (χ4n) is 7.28. The molecule has 0 N–H and O–H groups in total. The van der Waals surface area contributed by atoms with Crippen LogP contribution >= 0.6 is 0 Å². The molecule has 4 nitrogen and oxygen atoms in total. The summed E-state index contributed by atoms with van der Waals surface area (Å²) < 4.78 is 11.3. The lowest BCUT2D eigenvalue weighted by Crippen LogP contribution is -2.53. The number of carbonyl (C=O) groups is 2. The highest BCUT2D eigenvalue weighted by molar-refractivity contribution is 5.67. The van der Waals surface area contributed by atoms with E-state index in [1.165, 1.54) is 25.8 Å². The number of allylic oxidation sites excluding steroid dienone is 1. The molecule has 4 rings (SSSR count). The van der Waals surface area contributed by atoms with E-state index in [9.17, 15) is 9.59 Å². The largest absolute Gasteiger partial charge is 0.458 e. The van der Waals surface area contributed by atoms with Crippen LogP contribution in [0.1, 0.15) is 72.1 Å². The number of esters is 2. The first-order chi connectivity index (χ1) is 13.3. The Bertz CT molecular complexity index is 746. The highest BCUT2D eigenvalue weighted by Crippen LogP contribution is 2.65. The normalized spacial score (nSPS) is 44.2. The summed E-state index contributed by atoms with van der Waals surface area (Å²) in [4.78, 5) is 23.1. The quantitative estimate of drug-likeness (QED) is 0.402. The van der Waals surface area contributed by atoms with Gasteiger partial charge in [0, 0.05) is 19.3 Å². The van der Waals surface area contributed by atoms with Crippen LogP contribution in [0.5, 0.6) is 0 Å². The van der Waals surface area contributed by atoms with Crippen molar-refractivity contribution in [3.63, 3.8) is 0 Å². The molecule has 28 heavy (non-hydrogen) atoms. The molecule has 3 saturated carbocycles. The second kappa shape index (κ2) is 6.94. The Kier molecular flexibility index (Phi) is 4.84. The van der Waals surface area contributed by atoms with Gasteiger partial charge in [-0.2, -0.15) is 0 Å². The van der Waals surface area contributed by atoms with E-state index in [1.54, 1.807) is 0 Å². The van der Waals surface area contributed by atoms with Crippen LogP contribution in [0.2, 0.25) is 0 Å². The lowest BCUT2D eigenvalue weighted by atomic mass is 9.50. The van der Waals surface area contributed by atoms with Crippen LogP contribution in [0.25, 0.3) is 0 Å². The molecule has 0 amide bonds. The molecule has 4 aliphatic carbocycles. The standard InChI is InChI=1S/C24H32O4/c1-5-24(28-16(3)26)13-11-22-21-8-6-17-14-18(27-15(2)25)7-9-19(17)20(21)10-12-23(22,24)4/h1,14,18-22H,6-13H2,2-4H3/t18-,19-,20-,21+,22-,23-,24+/m0/s1. The van der Waals surface area contributed by atoms with E-state index in [1.807, 2.05) is 0 Å². The number of ether oxygens (including phenoxy) is 2. The topological polar surface area (TPSA) is 52.6 Å². The molecule has 0 radical (unpaired) electrons. The predicted octanol–water partition coefficient (Wildman–Crippen LogP) is 4.43. The van der Waals surface area contributed by atoms with Crippen molar-refractivity contribution in [2.24, 2.45) is 29.1 Å². The molecule has 152 valence electrons. The summed E-state index contributed by atoms with van der Waals surface area (Å²) in [5.41, 5.74) is 0.644. The molecule has 0 aromatic rings. The van der Waals surface area contributed by atoms with Crippen LogP contribution in [0.15, 0.2) is 11.6 Å². The van der Waals surface area contributed by atoms with Gasteiger partial charge in [-0.3, -0.25) is 9.59 Å². The maximum atomic E-state index is 11.8. The van der Waals surface area contributed by atoms with Gasteiger partial charge in [0.05, 0.1) is 0 Å². The fourth-order valence-corrected chi connectivity index (χ4v) is 7.28. The van der Waals surface area contributed by atoms with E-state index >= 15 is 0 Å². The van der Waals surface area contributed by atoms with E-state index in [2.05, 4.69) is 18.9 Å². The summed E-state index contributed by atoms with van der Waals surface area (Å²) in [5.74, 6) is 4.94. The zero-order valence-corrected chi connectivity index (χ0v) is 17.3. The summed E-state index contributed by atoms with van der Waals surface area (Å²) in [6.07, 6.45) is 16.5. The Morgan fingerprint density at radius 1 is 1.07 bits per heavy atom. The first kappa shape index (κ1) is 19.6. The second-order valence-corrected chi connectivity index (χ2v) is 9.61. The van der Waals surface area contributed by atoms with Crippen molar-refractivity contribution in [1.82, 2.24) is 0 Å². The van der Waals surface area contributed by atoms with Gasteiger partial charge in [0.25, 0.3) is 0 Å². The third kappa shape index (κ3) is 2.90. The molecule has 0 bridgehead atoms. The molecule has 0 heterocycles. The zero-order chi connectivity index (χ0) is 20.1. The Hall–Kier alpha value is -1.76. The first-order valence-corrected chi connectivity index (χ1v) is 10.8. The minimum atomic E-state index is -0.739. The highest BCUT2D eigenvalue weighted by Gasteiger charge is 2.64. The van der Waals surface area contributed by atoms with Gasteiger partial charge in [-0.05, 0) is 81.1 Å². The van der Waals surface area contributed by atoms with Crippen molar-refractivity contribution in [2.75, 3.05) is 0 Å². The van der Waals surface area contributed by atoms with E-state index < -0.39 is 5.60 Å². The molecule has 3 fully saturated rings. The van der Waals surface area contributed by atoms with E-state index in [0.717, 1.165) is 44.9 Å². The van der Waals surface area contributed by atoms with Crippen molar-refractivity contribution in [1.29, 1.82) is 0 Å². The average molecular weight is 385 g/mol. The Morgan fingerprint density at radius 2 is 1.86 bits per heavy atom. The molecule has 0 aliphatic heterocycles. The summed E-state index contributed by atoms with van der Waals surface area (Å²) in [5, 5.41) is 0. The van der Waals surface area contributed by atoms with Crippen molar-refractivity contribution in [3.8, 4) is 12.3 Å². The summed E-state index contributed by atoms with van der Waals surface area (Å²) in [6.45, 7) is 5.23. The molecule has 0 unspecified atom stereocenters. The lowest BCUT2D eigenvalue weighted by molar-refractivity contribution is -0.167. The molecule has 0 aromatic heterocycles. The third-order valence-electron chi connectivity index (χ3n) is 8.40. The molecule has 4 aliphatic rings. The van der Waals surface area contributed by atoms with Crippen LogP contribution in [-0.4, -0.2) is 23.6 Å². The van der Waals surface area contributed by atoms with Crippen LogP contribution in [0.4, 0.5) is 0 Å². The highest BCUT2D eigenvalue weighted by atomic mass is 16.6. The number of rotatable bonds is 2. The van der Waals surface area contributed by atoms with Crippen LogP contribution in [0.3, 0.4) is 0 Å². The van der Waals surface area contributed by atoms with Gasteiger partial charge in [-0.15, -0.1) is 6.42 Å². The van der Waals surface area contributed by atoms with E-state index in [-0.39, 0.29) is 23.5 Å². The predicted molar refractivity (Wildman–Crippen MR) is 106 cm³/mol. The Labute approximate surface area is 168 Å². The second-order valence-electron chi connectivity index (χ2n) is 9.61. The smallest absolute Gasteiger partial charge is 0.304 e. The van der Waals surface area contributed by atoms with Gasteiger partial charge in [-0.1, -0.05) is 18.4 Å². The number of hydrogen-bond donors (Lipinski definition) is 0. The van der Waals surface area contributed by atoms with Gasteiger partial charge < -0.3 is 9.47 Å². The van der Waals surface area contributed by atoms with Gasteiger partial charge >= 0.3 is 11.9 Å². The molecule has 0 spiro atoms. The molecule has 0 saturated heterocycles. The SMILES string of the molecule is C#C[C@@]1(OC(C)=O)CC[C@H]2[C@@H]3CCC4=C[C@@H](OC(C)=O)CC[C@@H]4[C@@H]3CC[C@@]21C. The third-order valence-corrected chi connectivity index (χ3v) is 8.40. The number of hydrogen-bond acceptors (Lipinski definition) is 4. The van der Waals surface area contributed by atoms with E-state index in [4.69, 9.17) is 15.9 Å².